The Kier molecular flexibility index (Phi) is 5.49. The minimum atomic E-state index is -1.17. The summed E-state index contributed by atoms with van der Waals surface area (Å²) in [4.78, 5) is 36.2. The van der Waals surface area contributed by atoms with Gasteiger partial charge in [-0.25, -0.2) is 0 Å². The molecule has 2 aromatic heterocycles. The average molecular weight is 381 g/mol. The Balaban J connectivity index is 2.27. The van der Waals surface area contributed by atoms with E-state index < -0.39 is 29.8 Å². The summed E-state index contributed by atoms with van der Waals surface area (Å²) in [6.07, 6.45) is -0.496. The van der Waals surface area contributed by atoms with E-state index in [9.17, 15) is 19.5 Å². The number of aromatic nitrogens is 3. The molecule has 3 rings (SSSR count). The van der Waals surface area contributed by atoms with Crippen LogP contribution in [-0.2, 0) is 21.4 Å². The van der Waals surface area contributed by atoms with Gasteiger partial charge in [-0.05, 0) is 18.6 Å². The second-order valence-corrected chi connectivity index (χ2v) is 6.23. The molecule has 0 saturated carbocycles. The van der Waals surface area contributed by atoms with Crippen LogP contribution in [0.5, 0.6) is 0 Å². The van der Waals surface area contributed by atoms with E-state index in [0.717, 1.165) is 5.56 Å². The smallest absolute Gasteiger partial charge is 0.314 e. The van der Waals surface area contributed by atoms with Gasteiger partial charge < -0.3 is 9.84 Å². The normalized spacial score (nSPS) is 11.9. The number of fused-ring (bicyclic) bond motifs is 1. The fraction of sp³-hybridized carbons (Fsp3) is 0.250. The number of benzene rings is 1. The summed E-state index contributed by atoms with van der Waals surface area (Å²) in [6.45, 7) is 1.74. The van der Waals surface area contributed by atoms with E-state index in [-0.39, 0.29) is 17.8 Å². The Hall–Kier alpha value is -3.55. The maximum Gasteiger partial charge on any atom is 0.314 e. The summed E-state index contributed by atoms with van der Waals surface area (Å²) >= 11 is 0. The van der Waals surface area contributed by atoms with Crippen LogP contribution in [0.4, 0.5) is 0 Å². The zero-order valence-corrected chi connectivity index (χ0v) is 15.5. The quantitative estimate of drug-likeness (QED) is 0.651. The number of carbonyl (C=O) groups is 2. The second-order valence-electron chi connectivity index (χ2n) is 6.23. The van der Waals surface area contributed by atoms with Crippen LogP contribution in [0.25, 0.3) is 22.3 Å². The Morgan fingerprint density at radius 2 is 1.89 bits per heavy atom. The third-order valence-electron chi connectivity index (χ3n) is 4.41. The molecule has 0 bridgehead atoms. The molecule has 28 heavy (non-hydrogen) atoms. The molecule has 0 aliphatic heterocycles. The van der Waals surface area contributed by atoms with E-state index in [4.69, 9.17) is 4.74 Å². The number of carbonyl (C=O) groups excluding carboxylic acids is 1. The SMILES string of the molecule is CCOC(=O)C(CC(=O)O)c1cc(=O)n(C)c2nnc(-c3ccccc3)cc12. The summed E-state index contributed by atoms with van der Waals surface area (Å²) in [5, 5.41) is 18.1. The van der Waals surface area contributed by atoms with Gasteiger partial charge in [0.05, 0.1) is 24.6 Å². The minimum Gasteiger partial charge on any atom is -0.481 e. The molecule has 0 radical (unpaired) electrons. The van der Waals surface area contributed by atoms with Gasteiger partial charge in [-0.15, -0.1) is 10.2 Å². The van der Waals surface area contributed by atoms with Crippen molar-refractivity contribution in [3.63, 3.8) is 0 Å². The lowest BCUT2D eigenvalue weighted by Crippen LogP contribution is -2.24. The molecular formula is C20H19N3O5. The van der Waals surface area contributed by atoms with E-state index in [2.05, 4.69) is 10.2 Å². The van der Waals surface area contributed by atoms with Crippen molar-refractivity contribution in [1.29, 1.82) is 0 Å². The molecule has 0 saturated heterocycles. The molecule has 1 unspecified atom stereocenters. The van der Waals surface area contributed by atoms with E-state index in [1.54, 1.807) is 20.0 Å². The number of ether oxygens (including phenoxy) is 1. The van der Waals surface area contributed by atoms with Crippen LogP contribution in [-0.4, -0.2) is 38.4 Å². The first-order valence-electron chi connectivity index (χ1n) is 8.73. The maximum atomic E-state index is 12.4. The number of carboxylic acid groups (broad SMARTS) is 1. The highest BCUT2D eigenvalue weighted by Gasteiger charge is 2.28. The second kappa shape index (κ2) is 7.99. The van der Waals surface area contributed by atoms with Gasteiger partial charge in [-0.1, -0.05) is 30.3 Å². The van der Waals surface area contributed by atoms with Crippen molar-refractivity contribution in [3.05, 3.63) is 58.4 Å². The molecule has 1 atom stereocenters. The average Bonchev–Trinajstić information content (AvgIpc) is 2.69. The van der Waals surface area contributed by atoms with Crippen LogP contribution in [0.2, 0.25) is 0 Å². The number of pyridine rings is 1. The van der Waals surface area contributed by atoms with Crippen molar-refractivity contribution >= 4 is 23.0 Å². The molecule has 8 heteroatoms. The van der Waals surface area contributed by atoms with Crippen molar-refractivity contribution in [2.24, 2.45) is 7.05 Å². The van der Waals surface area contributed by atoms with Gasteiger partial charge in [0.15, 0.2) is 5.65 Å². The topological polar surface area (TPSA) is 111 Å². The van der Waals surface area contributed by atoms with Gasteiger partial charge in [-0.3, -0.25) is 19.0 Å². The van der Waals surface area contributed by atoms with E-state index >= 15 is 0 Å². The standard InChI is InChI=1S/C20H19N3O5/c1-3-28-20(27)15(11-18(25)26)13-10-17(24)23(2)19-14(13)9-16(21-22-19)12-7-5-4-6-8-12/h4-10,15H,3,11H2,1-2H3,(H,25,26). The lowest BCUT2D eigenvalue weighted by molar-refractivity contribution is -0.149. The molecule has 0 amide bonds. The lowest BCUT2D eigenvalue weighted by Gasteiger charge is -2.17. The Morgan fingerprint density at radius 3 is 2.54 bits per heavy atom. The lowest BCUT2D eigenvalue weighted by atomic mass is 9.93. The molecular weight excluding hydrogens is 362 g/mol. The van der Waals surface area contributed by atoms with Crippen molar-refractivity contribution < 1.29 is 19.4 Å². The fourth-order valence-corrected chi connectivity index (χ4v) is 3.03. The van der Waals surface area contributed by atoms with Crippen LogP contribution in [0.3, 0.4) is 0 Å². The predicted octanol–water partition coefficient (Wildman–Crippen LogP) is 2.12. The molecule has 144 valence electrons. The number of hydrogen-bond donors (Lipinski definition) is 1. The van der Waals surface area contributed by atoms with E-state index in [0.29, 0.717) is 11.1 Å². The van der Waals surface area contributed by atoms with Crippen LogP contribution in [0, 0.1) is 0 Å². The molecule has 0 aliphatic carbocycles. The number of aliphatic carboxylic acids is 1. The monoisotopic (exact) mass is 381 g/mol. The number of nitrogens with zero attached hydrogens (tertiary/aromatic N) is 3. The Morgan fingerprint density at radius 1 is 1.18 bits per heavy atom. The third kappa shape index (κ3) is 3.75. The van der Waals surface area contributed by atoms with Gasteiger partial charge in [0, 0.05) is 24.1 Å². The molecule has 2 heterocycles. The maximum absolute atomic E-state index is 12.4. The summed E-state index contributed by atoms with van der Waals surface area (Å²) in [5.41, 5.74) is 1.48. The van der Waals surface area contributed by atoms with Gasteiger partial charge in [0.2, 0.25) is 0 Å². The third-order valence-corrected chi connectivity index (χ3v) is 4.41. The predicted molar refractivity (Wildman–Crippen MR) is 102 cm³/mol. The zero-order valence-electron chi connectivity index (χ0n) is 15.5. The highest BCUT2D eigenvalue weighted by molar-refractivity contribution is 5.91. The highest BCUT2D eigenvalue weighted by Crippen LogP contribution is 2.29. The molecule has 0 aliphatic rings. The van der Waals surface area contributed by atoms with Gasteiger partial charge in [0.25, 0.3) is 5.56 Å². The van der Waals surface area contributed by atoms with Gasteiger partial charge >= 0.3 is 11.9 Å². The van der Waals surface area contributed by atoms with Crippen molar-refractivity contribution in [2.75, 3.05) is 6.61 Å². The van der Waals surface area contributed by atoms with E-state index in [1.165, 1.54) is 10.6 Å². The minimum absolute atomic E-state index is 0.104. The van der Waals surface area contributed by atoms with Crippen LogP contribution in [0.15, 0.2) is 47.3 Å². The molecule has 1 aromatic carbocycles. The molecule has 1 N–H and O–H groups in total. The van der Waals surface area contributed by atoms with E-state index in [1.807, 2.05) is 30.3 Å². The number of esters is 1. The summed E-state index contributed by atoms with van der Waals surface area (Å²) in [7, 11) is 1.54. The number of hydrogen-bond acceptors (Lipinski definition) is 6. The molecule has 0 fully saturated rings. The largest absolute Gasteiger partial charge is 0.481 e. The van der Waals surface area contributed by atoms with Gasteiger partial charge in [0.1, 0.15) is 0 Å². The summed E-state index contributed by atoms with van der Waals surface area (Å²) in [6, 6.07) is 12.3. The number of carboxylic acids is 1. The Labute approximate surface area is 160 Å². The van der Waals surface area contributed by atoms with Crippen molar-refractivity contribution in [3.8, 4) is 11.3 Å². The molecule has 0 spiro atoms. The summed E-state index contributed by atoms with van der Waals surface area (Å²) < 4.78 is 6.36. The first kappa shape index (κ1) is 19.2. The first-order chi connectivity index (χ1) is 13.4. The summed E-state index contributed by atoms with van der Waals surface area (Å²) in [5.74, 6) is -2.99. The first-order valence-corrected chi connectivity index (χ1v) is 8.73. The van der Waals surface area contributed by atoms with Crippen LogP contribution >= 0.6 is 0 Å². The zero-order chi connectivity index (χ0) is 20.3. The molecule has 8 nitrogen and oxygen atoms in total. The number of aryl methyl sites for hydroxylation is 1. The Bertz CT molecular complexity index is 1090. The van der Waals surface area contributed by atoms with Crippen LogP contribution < -0.4 is 5.56 Å². The van der Waals surface area contributed by atoms with Crippen molar-refractivity contribution in [1.82, 2.24) is 14.8 Å². The number of rotatable bonds is 6. The van der Waals surface area contributed by atoms with Gasteiger partial charge in [-0.2, -0.15) is 0 Å². The highest BCUT2D eigenvalue weighted by atomic mass is 16.5. The fourth-order valence-electron chi connectivity index (χ4n) is 3.03. The van der Waals surface area contributed by atoms with Crippen LogP contribution in [0.1, 0.15) is 24.8 Å². The van der Waals surface area contributed by atoms with Crippen molar-refractivity contribution in [2.45, 2.75) is 19.3 Å². The molecule has 3 aromatic rings.